The van der Waals surface area contributed by atoms with E-state index in [1.165, 1.54) is 18.2 Å². The number of phenols is 1. The van der Waals surface area contributed by atoms with E-state index < -0.39 is 11.9 Å². The Labute approximate surface area is 186 Å². The predicted octanol–water partition coefficient (Wildman–Crippen LogP) is 5.40. The van der Waals surface area contributed by atoms with Crippen LogP contribution in [0.1, 0.15) is 22.8 Å². The van der Waals surface area contributed by atoms with Crippen LogP contribution in [0.15, 0.2) is 63.7 Å². The number of carbonyl (C=O) groups excluding carboxylic acids is 2. The monoisotopic (exact) mass is 463 g/mol. The molecular formula is C21H15Cl2NO5S. The number of halogens is 2. The summed E-state index contributed by atoms with van der Waals surface area (Å²) in [6.45, 7) is 1.71. The van der Waals surface area contributed by atoms with Crippen molar-refractivity contribution in [1.29, 1.82) is 0 Å². The molecule has 154 valence electrons. The summed E-state index contributed by atoms with van der Waals surface area (Å²) >= 11 is 12.8. The molecule has 0 unspecified atom stereocenters. The first-order valence-electron chi connectivity index (χ1n) is 8.68. The van der Waals surface area contributed by atoms with Crippen LogP contribution in [0.25, 0.3) is 6.08 Å². The molecule has 6 nitrogen and oxygen atoms in total. The van der Waals surface area contributed by atoms with Gasteiger partial charge in [-0.05, 0) is 42.8 Å². The molecule has 2 aromatic carbocycles. The first kappa shape index (κ1) is 22.0. The molecule has 0 fully saturated rings. The number of hydrogen-bond donors (Lipinski definition) is 2. The maximum absolute atomic E-state index is 12.5. The van der Waals surface area contributed by atoms with Crippen LogP contribution in [0.5, 0.6) is 5.75 Å². The quantitative estimate of drug-likeness (QED) is 0.589. The van der Waals surface area contributed by atoms with E-state index in [1.54, 1.807) is 37.3 Å². The topological polar surface area (TPSA) is 96.2 Å². The molecule has 0 spiro atoms. The fourth-order valence-corrected chi connectivity index (χ4v) is 4.07. The summed E-state index contributed by atoms with van der Waals surface area (Å²) in [6, 6.07) is 11.2. The van der Waals surface area contributed by atoms with E-state index in [4.69, 9.17) is 27.9 Å². The van der Waals surface area contributed by atoms with E-state index in [0.29, 0.717) is 11.1 Å². The van der Waals surface area contributed by atoms with Crippen LogP contribution in [-0.2, 0) is 9.53 Å². The van der Waals surface area contributed by atoms with Crippen molar-refractivity contribution in [1.82, 2.24) is 0 Å². The number of nitrogens with zero attached hydrogens (tertiary/aromatic N) is 1. The predicted molar refractivity (Wildman–Crippen MR) is 118 cm³/mol. The van der Waals surface area contributed by atoms with Crippen molar-refractivity contribution in [2.75, 3.05) is 6.61 Å². The summed E-state index contributed by atoms with van der Waals surface area (Å²) in [5, 5.41) is 20.4. The normalized spacial score (nSPS) is 16.4. The Morgan fingerprint density at radius 1 is 1.13 bits per heavy atom. The smallest absolute Gasteiger partial charge is 0.344 e. The third-order valence-electron chi connectivity index (χ3n) is 3.93. The van der Waals surface area contributed by atoms with Gasteiger partial charge in [-0.3, -0.25) is 4.79 Å². The van der Waals surface area contributed by atoms with Crippen molar-refractivity contribution >= 4 is 58.0 Å². The molecule has 0 aromatic heterocycles. The number of aliphatic imine (C=N–C) groups is 1. The fraction of sp³-hybridized carbons (Fsp3) is 0.0952. The standard InChI is InChI=1S/C21H15Cl2NO5S/c1-2-29-21(28)16-18(26)15(10-11-8-13(22)17(25)14(23)9-11)30-20(16)24-19(27)12-6-4-3-5-7-12/h3-10,25-26H,2H2,1H3/b15-10-,24-20?. The highest BCUT2D eigenvalue weighted by molar-refractivity contribution is 8.18. The molecule has 3 rings (SSSR count). The van der Waals surface area contributed by atoms with Gasteiger partial charge in [-0.15, -0.1) is 0 Å². The second kappa shape index (κ2) is 9.38. The van der Waals surface area contributed by atoms with Gasteiger partial charge in [0.15, 0.2) is 5.75 Å². The molecule has 1 aliphatic heterocycles. The van der Waals surface area contributed by atoms with Crippen LogP contribution in [-0.4, -0.2) is 33.7 Å². The van der Waals surface area contributed by atoms with Gasteiger partial charge >= 0.3 is 5.97 Å². The third-order valence-corrected chi connectivity index (χ3v) is 5.53. The van der Waals surface area contributed by atoms with E-state index in [2.05, 4.69) is 4.99 Å². The Kier molecular flexibility index (Phi) is 6.87. The number of benzene rings is 2. The highest BCUT2D eigenvalue weighted by atomic mass is 35.5. The summed E-state index contributed by atoms with van der Waals surface area (Å²) in [7, 11) is 0. The van der Waals surface area contributed by atoms with Crippen LogP contribution in [0.2, 0.25) is 10.0 Å². The number of aliphatic hydroxyl groups excluding tert-OH is 1. The molecule has 2 aromatic rings. The number of amides is 1. The molecule has 9 heteroatoms. The zero-order valence-electron chi connectivity index (χ0n) is 15.6. The van der Waals surface area contributed by atoms with E-state index >= 15 is 0 Å². The van der Waals surface area contributed by atoms with Crippen LogP contribution in [0, 0.1) is 0 Å². The molecule has 2 N–H and O–H groups in total. The van der Waals surface area contributed by atoms with Gasteiger partial charge in [-0.25, -0.2) is 9.79 Å². The molecule has 0 atom stereocenters. The molecular weight excluding hydrogens is 449 g/mol. The third kappa shape index (κ3) is 4.70. The Morgan fingerprint density at radius 3 is 2.37 bits per heavy atom. The average Bonchev–Trinajstić information content (AvgIpc) is 3.01. The SMILES string of the molecule is CCOC(=O)C1=C(O)/C(=C/c2cc(Cl)c(O)c(Cl)c2)SC1=NC(=O)c1ccccc1. The van der Waals surface area contributed by atoms with E-state index in [-0.39, 0.29) is 43.7 Å². The molecule has 30 heavy (non-hydrogen) atoms. The Balaban J connectivity index is 2.04. The van der Waals surface area contributed by atoms with Gasteiger partial charge in [0.25, 0.3) is 5.91 Å². The minimum Gasteiger partial charge on any atom is -0.506 e. The highest BCUT2D eigenvalue weighted by Gasteiger charge is 2.34. The van der Waals surface area contributed by atoms with Crippen molar-refractivity contribution in [3.63, 3.8) is 0 Å². The summed E-state index contributed by atoms with van der Waals surface area (Å²) in [5.74, 6) is -2.00. The molecule has 1 heterocycles. The van der Waals surface area contributed by atoms with Crippen molar-refractivity contribution < 1.29 is 24.5 Å². The second-order valence-corrected chi connectivity index (χ2v) is 7.82. The molecule has 0 bridgehead atoms. The zero-order valence-corrected chi connectivity index (χ0v) is 17.9. The number of thioether (sulfide) groups is 1. The van der Waals surface area contributed by atoms with E-state index in [1.807, 2.05) is 0 Å². The average molecular weight is 464 g/mol. The summed E-state index contributed by atoms with van der Waals surface area (Å²) in [5.41, 5.74) is 0.604. The number of aliphatic hydroxyl groups is 1. The summed E-state index contributed by atoms with van der Waals surface area (Å²) < 4.78 is 5.00. The van der Waals surface area contributed by atoms with Crippen molar-refractivity contribution in [2.24, 2.45) is 4.99 Å². The fourth-order valence-electron chi connectivity index (χ4n) is 2.55. The lowest BCUT2D eigenvalue weighted by molar-refractivity contribution is -0.138. The number of carbonyl (C=O) groups is 2. The maximum Gasteiger partial charge on any atom is 0.344 e. The van der Waals surface area contributed by atoms with Gasteiger partial charge in [-0.2, -0.15) is 0 Å². The van der Waals surface area contributed by atoms with E-state index in [9.17, 15) is 19.8 Å². The molecule has 0 radical (unpaired) electrons. The van der Waals surface area contributed by atoms with Crippen LogP contribution < -0.4 is 0 Å². The number of esters is 1. The molecule has 1 amide bonds. The van der Waals surface area contributed by atoms with Gasteiger partial charge in [-0.1, -0.05) is 53.2 Å². The number of hydrogen-bond acceptors (Lipinski definition) is 6. The molecule has 1 aliphatic rings. The number of ether oxygens (including phenoxy) is 1. The highest BCUT2D eigenvalue weighted by Crippen LogP contribution is 2.40. The first-order chi connectivity index (χ1) is 14.3. The van der Waals surface area contributed by atoms with Gasteiger partial charge in [0.2, 0.25) is 0 Å². The van der Waals surface area contributed by atoms with Gasteiger partial charge in [0.05, 0.1) is 21.6 Å². The lowest BCUT2D eigenvalue weighted by Gasteiger charge is -2.03. The summed E-state index contributed by atoms with van der Waals surface area (Å²) in [4.78, 5) is 29.1. The minimum atomic E-state index is -0.799. The Bertz CT molecular complexity index is 1090. The largest absolute Gasteiger partial charge is 0.506 e. The minimum absolute atomic E-state index is 0.0158. The number of rotatable bonds is 4. The van der Waals surface area contributed by atoms with Crippen LogP contribution in [0.4, 0.5) is 0 Å². The molecule has 0 saturated carbocycles. The summed E-state index contributed by atoms with van der Waals surface area (Å²) in [6.07, 6.45) is 1.51. The lowest BCUT2D eigenvalue weighted by Crippen LogP contribution is -2.14. The van der Waals surface area contributed by atoms with Gasteiger partial charge < -0.3 is 14.9 Å². The first-order valence-corrected chi connectivity index (χ1v) is 10.3. The maximum atomic E-state index is 12.5. The van der Waals surface area contributed by atoms with Gasteiger partial charge in [0.1, 0.15) is 16.4 Å². The number of phenolic OH excluding ortho intramolecular Hbond substituents is 1. The van der Waals surface area contributed by atoms with Crippen molar-refractivity contribution in [3.8, 4) is 5.75 Å². The van der Waals surface area contributed by atoms with Crippen LogP contribution >= 0.6 is 35.0 Å². The number of aromatic hydroxyl groups is 1. The van der Waals surface area contributed by atoms with Crippen molar-refractivity contribution in [2.45, 2.75) is 6.92 Å². The molecule has 0 aliphatic carbocycles. The Hall–Kier alpha value is -2.74. The lowest BCUT2D eigenvalue weighted by atomic mass is 10.1. The van der Waals surface area contributed by atoms with Crippen LogP contribution in [0.3, 0.4) is 0 Å². The van der Waals surface area contributed by atoms with Crippen molar-refractivity contribution in [3.05, 3.63) is 79.9 Å². The zero-order chi connectivity index (χ0) is 21.8. The van der Waals surface area contributed by atoms with Gasteiger partial charge in [0, 0.05) is 5.56 Å². The second-order valence-electron chi connectivity index (χ2n) is 5.98. The molecule has 0 saturated heterocycles. The Morgan fingerprint density at radius 2 is 1.77 bits per heavy atom. The van der Waals surface area contributed by atoms with E-state index in [0.717, 1.165) is 11.8 Å².